The largest absolute Gasteiger partial charge is 0.481 e. The molecule has 0 radical (unpaired) electrons. The first-order chi connectivity index (χ1) is 8.75. The average Bonchev–Trinajstić information content (AvgIpc) is 2.77. The van der Waals surface area contributed by atoms with Crippen LogP contribution in [0.1, 0.15) is 34.1 Å². The van der Waals surface area contributed by atoms with Crippen LogP contribution in [0.4, 0.5) is 4.79 Å². The maximum Gasteiger partial charge on any atom is 0.407 e. The second-order valence-corrected chi connectivity index (χ2v) is 5.78. The number of ether oxygens (including phenoxy) is 2. The van der Waals surface area contributed by atoms with Crippen molar-refractivity contribution >= 4 is 12.1 Å². The lowest BCUT2D eigenvalue weighted by atomic mass is 9.78. The number of carbonyl (C=O) groups excluding carboxylic acids is 1. The summed E-state index contributed by atoms with van der Waals surface area (Å²) >= 11 is 0. The zero-order chi connectivity index (χ0) is 14.6. The zero-order valence-corrected chi connectivity index (χ0v) is 11.9. The van der Waals surface area contributed by atoms with Crippen LogP contribution in [-0.2, 0) is 14.3 Å². The SMILES string of the molecule is CC(C)C(NC(=O)OC1CCOC1)C(C)(C)C(=O)O. The van der Waals surface area contributed by atoms with E-state index in [-0.39, 0.29) is 12.0 Å². The van der Waals surface area contributed by atoms with Crippen LogP contribution in [0, 0.1) is 11.3 Å². The molecule has 1 aliphatic rings. The molecule has 1 amide bonds. The highest BCUT2D eigenvalue weighted by Gasteiger charge is 2.40. The number of carboxylic acids is 1. The van der Waals surface area contributed by atoms with Gasteiger partial charge in [0.15, 0.2) is 0 Å². The Balaban J connectivity index is 2.62. The van der Waals surface area contributed by atoms with Crippen molar-refractivity contribution in [1.82, 2.24) is 5.32 Å². The van der Waals surface area contributed by atoms with Gasteiger partial charge in [0.2, 0.25) is 0 Å². The molecule has 1 saturated heterocycles. The number of alkyl carbamates (subject to hydrolysis) is 1. The third-order valence-corrected chi connectivity index (χ3v) is 3.43. The first-order valence-corrected chi connectivity index (χ1v) is 6.53. The van der Waals surface area contributed by atoms with Gasteiger partial charge in [-0.2, -0.15) is 0 Å². The van der Waals surface area contributed by atoms with Crippen LogP contribution < -0.4 is 5.32 Å². The summed E-state index contributed by atoms with van der Waals surface area (Å²) in [5.74, 6) is -0.964. The second kappa shape index (κ2) is 6.23. The smallest absolute Gasteiger partial charge is 0.407 e. The fraction of sp³-hybridized carbons (Fsp3) is 0.846. The summed E-state index contributed by atoms with van der Waals surface area (Å²) in [6, 6.07) is -0.500. The Morgan fingerprint density at radius 3 is 2.47 bits per heavy atom. The third-order valence-electron chi connectivity index (χ3n) is 3.43. The molecule has 1 rings (SSSR count). The van der Waals surface area contributed by atoms with Crippen molar-refractivity contribution in [2.45, 2.75) is 46.3 Å². The van der Waals surface area contributed by atoms with Crippen LogP contribution in [0.2, 0.25) is 0 Å². The Morgan fingerprint density at radius 2 is 2.05 bits per heavy atom. The van der Waals surface area contributed by atoms with Gasteiger partial charge >= 0.3 is 12.1 Å². The lowest BCUT2D eigenvalue weighted by Gasteiger charge is -2.34. The number of aliphatic carboxylic acids is 1. The molecule has 2 unspecified atom stereocenters. The van der Waals surface area contributed by atoms with Gasteiger partial charge < -0.3 is 19.9 Å². The molecular formula is C13H23NO5. The monoisotopic (exact) mass is 273 g/mol. The van der Waals surface area contributed by atoms with Crippen LogP contribution in [-0.4, -0.2) is 42.5 Å². The Labute approximate surface area is 113 Å². The van der Waals surface area contributed by atoms with E-state index in [1.165, 1.54) is 0 Å². The van der Waals surface area contributed by atoms with Gasteiger partial charge in [-0.05, 0) is 19.8 Å². The molecule has 1 aliphatic heterocycles. The standard InChI is InChI=1S/C13H23NO5/c1-8(2)10(13(3,4)11(15)16)14-12(17)19-9-5-6-18-7-9/h8-10H,5-7H2,1-4H3,(H,14,17)(H,15,16). The fourth-order valence-corrected chi connectivity index (χ4v) is 2.23. The fourth-order valence-electron chi connectivity index (χ4n) is 2.23. The first kappa shape index (κ1) is 15.8. The van der Waals surface area contributed by atoms with Crippen LogP contribution >= 0.6 is 0 Å². The number of nitrogens with one attached hydrogen (secondary N) is 1. The Kier molecular flexibility index (Phi) is 5.17. The predicted octanol–water partition coefficient (Wildman–Crippen LogP) is 1.64. The number of amides is 1. The normalized spacial score (nSPS) is 21.2. The van der Waals surface area contributed by atoms with Crippen molar-refractivity contribution in [2.24, 2.45) is 11.3 Å². The highest BCUT2D eigenvalue weighted by molar-refractivity contribution is 5.76. The number of hydrogen-bond acceptors (Lipinski definition) is 4. The molecule has 0 bridgehead atoms. The van der Waals surface area contributed by atoms with E-state index in [9.17, 15) is 14.7 Å². The number of rotatable bonds is 5. The van der Waals surface area contributed by atoms with Crippen molar-refractivity contribution in [3.63, 3.8) is 0 Å². The van der Waals surface area contributed by atoms with Crippen molar-refractivity contribution in [3.05, 3.63) is 0 Å². The van der Waals surface area contributed by atoms with E-state index in [0.717, 1.165) is 0 Å². The summed E-state index contributed by atoms with van der Waals surface area (Å²) in [7, 11) is 0. The summed E-state index contributed by atoms with van der Waals surface area (Å²) in [6.07, 6.45) is -0.133. The molecule has 0 aromatic carbocycles. The summed E-state index contributed by atoms with van der Waals surface area (Å²) in [5, 5.41) is 11.9. The molecule has 2 N–H and O–H groups in total. The molecule has 0 saturated carbocycles. The second-order valence-electron chi connectivity index (χ2n) is 5.78. The molecular weight excluding hydrogens is 250 g/mol. The molecule has 6 nitrogen and oxygen atoms in total. The molecule has 2 atom stereocenters. The minimum Gasteiger partial charge on any atom is -0.481 e. The summed E-state index contributed by atoms with van der Waals surface area (Å²) in [6.45, 7) is 7.93. The number of carboxylic acid groups (broad SMARTS) is 1. The predicted molar refractivity (Wildman–Crippen MR) is 68.9 cm³/mol. The van der Waals surface area contributed by atoms with Crippen molar-refractivity contribution < 1.29 is 24.2 Å². The molecule has 1 fully saturated rings. The van der Waals surface area contributed by atoms with E-state index in [0.29, 0.717) is 19.6 Å². The van der Waals surface area contributed by atoms with E-state index in [2.05, 4.69) is 5.32 Å². The summed E-state index contributed by atoms with van der Waals surface area (Å²) in [5.41, 5.74) is -1.06. The molecule has 0 aromatic rings. The van der Waals surface area contributed by atoms with Crippen molar-refractivity contribution in [1.29, 1.82) is 0 Å². The maximum atomic E-state index is 11.8. The third kappa shape index (κ3) is 4.09. The first-order valence-electron chi connectivity index (χ1n) is 6.53. The van der Waals surface area contributed by atoms with Gasteiger partial charge in [-0.1, -0.05) is 13.8 Å². The molecule has 1 heterocycles. The van der Waals surface area contributed by atoms with Gasteiger partial charge in [0.25, 0.3) is 0 Å². The summed E-state index contributed by atoms with van der Waals surface area (Å²) < 4.78 is 10.3. The van der Waals surface area contributed by atoms with E-state index in [1.54, 1.807) is 13.8 Å². The van der Waals surface area contributed by atoms with Gasteiger partial charge in [-0.3, -0.25) is 4.79 Å². The van der Waals surface area contributed by atoms with E-state index in [1.807, 2.05) is 13.8 Å². The van der Waals surface area contributed by atoms with Crippen LogP contribution in [0.15, 0.2) is 0 Å². The van der Waals surface area contributed by atoms with E-state index in [4.69, 9.17) is 9.47 Å². The molecule has 0 spiro atoms. The Hall–Kier alpha value is -1.30. The lowest BCUT2D eigenvalue weighted by molar-refractivity contribution is -0.149. The molecule has 0 aliphatic carbocycles. The molecule has 110 valence electrons. The van der Waals surface area contributed by atoms with Gasteiger partial charge in [-0.25, -0.2) is 4.79 Å². The average molecular weight is 273 g/mol. The van der Waals surface area contributed by atoms with Gasteiger partial charge in [0.05, 0.1) is 24.7 Å². The van der Waals surface area contributed by atoms with Crippen LogP contribution in [0.3, 0.4) is 0 Å². The van der Waals surface area contributed by atoms with Gasteiger partial charge in [-0.15, -0.1) is 0 Å². The highest BCUT2D eigenvalue weighted by atomic mass is 16.6. The minimum absolute atomic E-state index is 0.0153. The van der Waals surface area contributed by atoms with Crippen LogP contribution in [0.5, 0.6) is 0 Å². The molecule has 6 heteroatoms. The number of hydrogen-bond donors (Lipinski definition) is 2. The quantitative estimate of drug-likeness (QED) is 0.795. The summed E-state index contributed by atoms with van der Waals surface area (Å²) in [4.78, 5) is 23.1. The van der Waals surface area contributed by atoms with Crippen molar-refractivity contribution in [3.8, 4) is 0 Å². The van der Waals surface area contributed by atoms with Gasteiger partial charge in [0, 0.05) is 6.42 Å². The number of carbonyl (C=O) groups is 2. The van der Waals surface area contributed by atoms with Crippen LogP contribution in [0.25, 0.3) is 0 Å². The Bertz CT molecular complexity index is 334. The van der Waals surface area contributed by atoms with Gasteiger partial charge in [0.1, 0.15) is 6.10 Å². The lowest BCUT2D eigenvalue weighted by Crippen LogP contribution is -2.52. The van der Waals surface area contributed by atoms with E-state index < -0.39 is 23.5 Å². The van der Waals surface area contributed by atoms with E-state index >= 15 is 0 Å². The maximum absolute atomic E-state index is 11.8. The highest BCUT2D eigenvalue weighted by Crippen LogP contribution is 2.26. The minimum atomic E-state index is -1.06. The Morgan fingerprint density at radius 1 is 1.42 bits per heavy atom. The molecule has 19 heavy (non-hydrogen) atoms. The zero-order valence-electron chi connectivity index (χ0n) is 11.9. The topological polar surface area (TPSA) is 84.9 Å². The molecule has 0 aromatic heterocycles. The van der Waals surface area contributed by atoms with Crippen molar-refractivity contribution in [2.75, 3.05) is 13.2 Å².